The molecule has 0 spiro atoms. The van der Waals surface area contributed by atoms with Gasteiger partial charge in [-0.1, -0.05) is 20.8 Å². The number of nitrogens with one attached hydrogen (secondary N) is 1. The standard InChI is InChI=1S/C10H23NO2/c1-4-10(12)8-13-7-5-6-11-9(2)3/h9-12H,4-8H2,1-3H3. The molecule has 0 aliphatic heterocycles. The molecule has 0 fully saturated rings. The summed E-state index contributed by atoms with van der Waals surface area (Å²) in [5, 5.41) is 12.5. The van der Waals surface area contributed by atoms with Gasteiger partial charge >= 0.3 is 0 Å². The van der Waals surface area contributed by atoms with Crippen LogP contribution in [0.4, 0.5) is 0 Å². The van der Waals surface area contributed by atoms with Crippen molar-refractivity contribution in [3.8, 4) is 0 Å². The van der Waals surface area contributed by atoms with E-state index in [1.54, 1.807) is 0 Å². The van der Waals surface area contributed by atoms with Gasteiger partial charge in [0.05, 0.1) is 12.7 Å². The lowest BCUT2D eigenvalue weighted by Crippen LogP contribution is -2.25. The van der Waals surface area contributed by atoms with Crippen molar-refractivity contribution in [2.45, 2.75) is 45.8 Å². The van der Waals surface area contributed by atoms with Gasteiger partial charge < -0.3 is 15.2 Å². The lowest BCUT2D eigenvalue weighted by Gasteiger charge is -2.10. The van der Waals surface area contributed by atoms with Crippen molar-refractivity contribution < 1.29 is 9.84 Å². The summed E-state index contributed by atoms with van der Waals surface area (Å²) in [5.74, 6) is 0. The molecule has 0 radical (unpaired) electrons. The zero-order chi connectivity index (χ0) is 10.1. The molecule has 0 aromatic rings. The number of ether oxygens (including phenoxy) is 1. The lowest BCUT2D eigenvalue weighted by atomic mass is 10.3. The first-order chi connectivity index (χ1) is 6.16. The summed E-state index contributed by atoms with van der Waals surface area (Å²) >= 11 is 0. The van der Waals surface area contributed by atoms with E-state index < -0.39 is 0 Å². The van der Waals surface area contributed by atoms with Crippen LogP contribution in [0.5, 0.6) is 0 Å². The van der Waals surface area contributed by atoms with Gasteiger partial charge in [0.25, 0.3) is 0 Å². The van der Waals surface area contributed by atoms with Gasteiger partial charge in [0.1, 0.15) is 0 Å². The van der Waals surface area contributed by atoms with Gasteiger partial charge in [0, 0.05) is 12.6 Å². The molecule has 0 aliphatic rings. The van der Waals surface area contributed by atoms with E-state index in [1.807, 2.05) is 6.92 Å². The Bertz CT molecular complexity index is 107. The molecule has 1 unspecified atom stereocenters. The third-order valence-electron chi connectivity index (χ3n) is 1.80. The molecule has 2 N–H and O–H groups in total. The largest absolute Gasteiger partial charge is 0.391 e. The van der Waals surface area contributed by atoms with Crippen molar-refractivity contribution in [2.75, 3.05) is 19.8 Å². The molecule has 0 amide bonds. The summed E-state index contributed by atoms with van der Waals surface area (Å²) in [6.07, 6.45) is 1.48. The Balaban J connectivity index is 2.99. The second-order valence-electron chi connectivity index (χ2n) is 3.60. The first-order valence-corrected chi connectivity index (χ1v) is 5.16. The minimum atomic E-state index is -0.293. The molecular formula is C10H23NO2. The molecule has 1 atom stereocenters. The first-order valence-electron chi connectivity index (χ1n) is 5.16. The Morgan fingerprint density at radius 3 is 2.62 bits per heavy atom. The fourth-order valence-electron chi connectivity index (χ4n) is 0.902. The fraction of sp³-hybridized carbons (Fsp3) is 1.00. The maximum Gasteiger partial charge on any atom is 0.0771 e. The third-order valence-corrected chi connectivity index (χ3v) is 1.80. The van der Waals surface area contributed by atoms with Gasteiger partial charge in [-0.3, -0.25) is 0 Å². The highest BCUT2D eigenvalue weighted by atomic mass is 16.5. The van der Waals surface area contributed by atoms with Crippen LogP contribution < -0.4 is 5.32 Å². The second-order valence-corrected chi connectivity index (χ2v) is 3.60. The van der Waals surface area contributed by atoms with E-state index >= 15 is 0 Å². The average molecular weight is 189 g/mol. The van der Waals surface area contributed by atoms with E-state index in [2.05, 4.69) is 19.2 Å². The highest BCUT2D eigenvalue weighted by Gasteiger charge is 1.99. The summed E-state index contributed by atoms with van der Waals surface area (Å²) in [6.45, 7) is 8.40. The van der Waals surface area contributed by atoms with E-state index in [0.29, 0.717) is 12.6 Å². The summed E-state index contributed by atoms with van der Waals surface area (Å²) in [6, 6.07) is 0.543. The highest BCUT2D eigenvalue weighted by molar-refractivity contribution is 4.53. The van der Waals surface area contributed by atoms with E-state index in [1.165, 1.54) is 0 Å². The predicted octanol–water partition coefficient (Wildman–Crippen LogP) is 1.16. The molecule has 13 heavy (non-hydrogen) atoms. The van der Waals surface area contributed by atoms with Crippen LogP contribution in [-0.4, -0.2) is 37.0 Å². The van der Waals surface area contributed by atoms with Crippen molar-refractivity contribution in [3.63, 3.8) is 0 Å². The zero-order valence-electron chi connectivity index (χ0n) is 9.05. The minimum Gasteiger partial charge on any atom is -0.391 e. The summed E-state index contributed by atoms with van der Waals surface area (Å²) in [4.78, 5) is 0. The summed E-state index contributed by atoms with van der Waals surface area (Å²) < 4.78 is 5.28. The summed E-state index contributed by atoms with van der Waals surface area (Å²) in [7, 11) is 0. The van der Waals surface area contributed by atoms with Gasteiger partial charge in [-0.2, -0.15) is 0 Å². The van der Waals surface area contributed by atoms with E-state index in [4.69, 9.17) is 9.84 Å². The Labute approximate surface area is 81.5 Å². The van der Waals surface area contributed by atoms with Crippen LogP contribution in [0.3, 0.4) is 0 Å². The van der Waals surface area contributed by atoms with Crippen LogP contribution in [0.25, 0.3) is 0 Å². The number of hydrogen-bond acceptors (Lipinski definition) is 3. The molecule has 3 heteroatoms. The maximum atomic E-state index is 9.16. The fourth-order valence-corrected chi connectivity index (χ4v) is 0.902. The number of rotatable bonds is 8. The lowest BCUT2D eigenvalue weighted by molar-refractivity contribution is 0.0341. The molecule has 80 valence electrons. The monoisotopic (exact) mass is 189 g/mol. The summed E-state index contributed by atoms with van der Waals surface area (Å²) in [5.41, 5.74) is 0. The van der Waals surface area contributed by atoms with Gasteiger partial charge in [0.2, 0.25) is 0 Å². The highest BCUT2D eigenvalue weighted by Crippen LogP contribution is 1.91. The molecule has 0 aromatic heterocycles. The van der Waals surface area contributed by atoms with Crippen LogP contribution in [-0.2, 0) is 4.74 Å². The molecule has 0 rings (SSSR count). The Morgan fingerprint density at radius 1 is 1.38 bits per heavy atom. The van der Waals surface area contributed by atoms with Crippen molar-refractivity contribution in [2.24, 2.45) is 0 Å². The number of hydrogen-bond donors (Lipinski definition) is 2. The van der Waals surface area contributed by atoms with Crippen molar-refractivity contribution >= 4 is 0 Å². The predicted molar refractivity (Wildman–Crippen MR) is 54.9 cm³/mol. The van der Waals surface area contributed by atoms with E-state index in [9.17, 15) is 0 Å². The minimum absolute atomic E-state index is 0.293. The van der Waals surface area contributed by atoms with Crippen LogP contribution >= 0.6 is 0 Å². The average Bonchev–Trinajstić information content (AvgIpc) is 2.10. The topological polar surface area (TPSA) is 41.5 Å². The van der Waals surface area contributed by atoms with Crippen molar-refractivity contribution in [1.29, 1.82) is 0 Å². The SMILES string of the molecule is CCC(O)COCCCNC(C)C. The van der Waals surface area contributed by atoms with E-state index in [0.717, 1.165) is 26.0 Å². The van der Waals surface area contributed by atoms with Crippen LogP contribution in [0.15, 0.2) is 0 Å². The first kappa shape index (κ1) is 12.9. The molecule has 0 bridgehead atoms. The number of aliphatic hydroxyl groups is 1. The smallest absolute Gasteiger partial charge is 0.0771 e. The molecular weight excluding hydrogens is 166 g/mol. The number of aliphatic hydroxyl groups excluding tert-OH is 1. The molecule has 0 saturated carbocycles. The molecule has 0 aromatic carbocycles. The Kier molecular flexibility index (Phi) is 8.40. The molecule has 0 aliphatic carbocycles. The van der Waals surface area contributed by atoms with Crippen LogP contribution in [0.2, 0.25) is 0 Å². The maximum absolute atomic E-state index is 9.16. The Morgan fingerprint density at radius 2 is 2.08 bits per heavy atom. The molecule has 0 heterocycles. The second kappa shape index (κ2) is 8.48. The van der Waals surface area contributed by atoms with Crippen molar-refractivity contribution in [1.82, 2.24) is 5.32 Å². The quantitative estimate of drug-likeness (QED) is 0.563. The van der Waals surface area contributed by atoms with Gasteiger partial charge in [0.15, 0.2) is 0 Å². The molecule has 3 nitrogen and oxygen atoms in total. The normalized spacial score (nSPS) is 13.6. The van der Waals surface area contributed by atoms with Gasteiger partial charge in [-0.05, 0) is 19.4 Å². The van der Waals surface area contributed by atoms with E-state index in [-0.39, 0.29) is 6.10 Å². The van der Waals surface area contributed by atoms with Gasteiger partial charge in [-0.15, -0.1) is 0 Å². The van der Waals surface area contributed by atoms with Crippen molar-refractivity contribution in [3.05, 3.63) is 0 Å². The Hall–Kier alpha value is -0.120. The van der Waals surface area contributed by atoms with Gasteiger partial charge in [-0.25, -0.2) is 0 Å². The third kappa shape index (κ3) is 9.80. The van der Waals surface area contributed by atoms with Crippen LogP contribution in [0.1, 0.15) is 33.6 Å². The molecule has 0 saturated heterocycles. The zero-order valence-corrected chi connectivity index (χ0v) is 9.05. The van der Waals surface area contributed by atoms with Crippen LogP contribution in [0, 0.1) is 0 Å².